The molecule has 0 bridgehead atoms. The number of benzene rings is 2. The molecule has 4 heteroatoms. The Morgan fingerprint density at radius 1 is 1.13 bits per heavy atom. The maximum absolute atomic E-state index is 12.2. The Labute approximate surface area is 142 Å². The minimum absolute atomic E-state index is 0.129. The van der Waals surface area contributed by atoms with Crippen molar-refractivity contribution in [3.8, 4) is 0 Å². The first-order valence-electron chi connectivity index (χ1n) is 7.72. The summed E-state index contributed by atoms with van der Waals surface area (Å²) in [6.07, 6.45) is 0.536. The molecule has 0 aliphatic rings. The second-order valence-corrected chi connectivity index (χ2v) is 6.84. The van der Waals surface area contributed by atoms with Crippen LogP contribution in [0, 0.1) is 0 Å². The van der Waals surface area contributed by atoms with Crippen LogP contribution in [0.15, 0.2) is 54.6 Å². The summed E-state index contributed by atoms with van der Waals surface area (Å²) in [5, 5.41) is 3.67. The van der Waals surface area contributed by atoms with Crippen molar-refractivity contribution in [3.63, 3.8) is 0 Å². The Bertz CT molecular complexity index is 638. The number of nitrogens with one attached hydrogen (secondary N) is 1. The van der Waals surface area contributed by atoms with E-state index in [0.29, 0.717) is 18.0 Å². The van der Waals surface area contributed by atoms with Crippen molar-refractivity contribution in [2.75, 3.05) is 6.54 Å². The maximum Gasteiger partial charge on any atom is 0.237 e. The zero-order chi connectivity index (χ0) is 16.9. The molecular weight excluding hydrogens is 308 g/mol. The van der Waals surface area contributed by atoms with Crippen molar-refractivity contribution in [2.24, 2.45) is 5.73 Å². The van der Waals surface area contributed by atoms with Gasteiger partial charge in [0.15, 0.2) is 0 Å². The number of hydrogen-bond donors (Lipinski definition) is 2. The predicted molar refractivity (Wildman–Crippen MR) is 95.6 cm³/mol. The second-order valence-electron chi connectivity index (χ2n) is 6.40. The molecule has 0 saturated carbocycles. The van der Waals surface area contributed by atoms with Crippen LogP contribution >= 0.6 is 11.6 Å². The zero-order valence-corrected chi connectivity index (χ0v) is 14.3. The fraction of sp³-hybridized carbons (Fsp3) is 0.316. The molecule has 0 aromatic heterocycles. The van der Waals surface area contributed by atoms with Gasteiger partial charge < -0.3 is 11.1 Å². The second kappa shape index (κ2) is 7.62. The van der Waals surface area contributed by atoms with Gasteiger partial charge in [-0.05, 0) is 29.7 Å². The van der Waals surface area contributed by atoms with E-state index in [4.69, 9.17) is 17.3 Å². The van der Waals surface area contributed by atoms with Gasteiger partial charge in [-0.25, -0.2) is 0 Å². The average Bonchev–Trinajstić information content (AvgIpc) is 2.54. The monoisotopic (exact) mass is 330 g/mol. The third-order valence-electron chi connectivity index (χ3n) is 3.97. The van der Waals surface area contributed by atoms with Crippen LogP contribution in [-0.4, -0.2) is 18.5 Å². The highest BCUT2D eigenvalue weighted by Crippen LogP contribution is 2.23. The Morgan fingerprint density at radius 2 is 1.74 bits per heavy atom. The minimum atomic E-state index is -0.543. The van der Waals surface area contributed by atoms with Crippen LogP contribution in [0.25, 0.3) is 0 Å². The van der Waals surface area contributed by atoms with E-state index in [1.54, 1.807) is 0 Å². The maximum atomic E-state index is 12.2. The third kappa shape index (κ3) is 5.08. The van der Waals surface area contributed by atoms with Gasteiger partial charge in [-0.15, -0.1) is 0 Å². The third-order valence-corrected chi connectivity index (χ3v) is 4.22. The van der Waals surface area contributed by atoms with Gasteiger partial charge in [-0.3, -0.25) is 4.79 Å². The number of carbonyl (C=O) groups is 1. The fourth-order valence-corrected chi connectivity index (χ4v) is 2.53. The molecule has 0 radical (unpaired) electrons. The highest BCUT2D eigenvalue weighted by molar-refractivity contribution is 6.30. The molecule has 0 unspecified atom stereocenters. The smallest absolute Gasteiger partial charge is 0.237 e. The summed E-state index contributed by atoms with van der Waals surface area (Å²) in [6, 6.07) is 16.9. The SMILES string of the molecule is CC(C)(CNC(=O)[C@@H](N)Cc1ccccc1)c1ccc(Cl)cc1. The van der Waals surface area contributed by atoms with Crippen LogP contribution in [-0.2, 0) is 16.6 Å². The molecule has 0 aliphatic heterocycles. The van der Waals surface area contributed by atoms with E-state index in [1.807, 2.05) is 54.6 Å². The Morgan fingerprint density at radius 3 is 2.35 bits per heavy atom. The first-order valence-corrected chi connectivity index (χ1v) is 8.09. The minimum Gasteiger partial charge on any atom is -0.354 e. The molecule has 0 spiro atoms. The lowest BCUT2D eigenvalue weighted by atomic mass is 9.84. The molecule has 1 amide bonds. The van der Waals surface area contributed by atoms with E-state index in [2.05, 4.69) is 19.2 Å². The van der Waals surface area contributed by atoms with E-state index >= 15 is 0 Å². The van der Waals surface area contributed by atoms with E-state index < -0.39 is 6.04 Å². The molecular formula is C19H23ClN2O. The topological polar surface area (TPSA) is 55.1 Å². The number of carbonyl (C=O) groups excluding carboxylic acids is 1. The summed E-state index contributed by atoms with van der Waals surface area (Å²) in [6.45, 7) is 4.69. The van der Waals surface area contributed by atoms with Gasteiger partial charge >= 0.3 is 0 Å². The highest BCUT2D eigenvalue weighted by Gasteiger charge is 2.23. The standard InChI is InChI=1S/C19H23ClN2O/c1-19(2,15-8-10-16(20)11-9-15)13-22-18(23)17(21)12-14-6-4-3-5-7-14/h3-11,17H,12-13,21H2,1-2H3,(H,22,23)/t17-/m0/s1. The fourth-order valence-electron chi connectivity index (χ4n) is 2.40. The summed E-state index contributed by atoms with van der Waals surface area (Å²) in [5.41, 5.74) is 8.01. The van der Waals surface area contributed by atoms with Crippen molar-refractivity contribution in [3.05, 3.63) is 70.7 Å². The Kier molecular flexibility index (Phi) is 5.80. The lowest BCUT2D eigenvalue weighted by Gasteiger charge is -2.26. The lowest BCUT2D eigenvalue weighted by molar-refractivity contribution is -0.122. The van der Waals surface area contributed by atoms with Crippen LogP contribution in [0.5, 0.6) is 0 Å². The van der Waals surface area contributed by atoms with E-state index in [9.17, 15) is 4.79 Å². The summed E-state index contributed by atoms with van der Waals surface area (Å²) >= 11 is 5.92. The number of nitrogens with two attached hydrogens (primary N) is 1. The molecule has 2 aromatic carbocycles. The van der Waals surface area contributed by atoms with Crippen molar-refractivity contribution >= 4 is 17.5 Å². The van der Waals surface area contributed by atoms with Crippen LogP contribution < -0.4 is 11.1 Å². The molecule has 0 aliphatic carbocycles. The van der Waals surface area contributed by atoms with Gasteiger partial charge in [0.05, 0.1) is 6.04 Å². The zero-order valence-electron chi connectivity index (χ0n) is 13.6. The van der Waals surface area contributed by atoms with Crippen molar-refractivity contribution in [1.29, 1.82) is 0 Å². The van der Waals surface area contributed by atoms with Crippen molar-refractivity contribution in [1.82, 2.24) is 5.32 Å². The van der Waals surface area contributed by atoms with Crippen LogP contribution in [0.3, 0.4) is 0 Å². The van der Waals surface area contributed by atoms with Crippen LogP contribution in [0.4, 0.5) is 0 Å². The molecule has 23 heavy (non-hydrogen) atoms. The van der Waals surface area contributed by atoms with Crippen molar-refractivity contribution in [2.45, 2.75) is 31.7 Å². The average molecular weight is 331 g/mol. The molecule has 0 saturated heterocycles. The van der Waals surface area contributed by atoms with Crippen LogP contribution in [0.1, 0.15) is 25.0 Å². The number of amides is 1. The summed E-state index contributed by atoms with van der Waals surface area (Å²) in [4.78, 5) is 12.2. The quantitative estimate of drug-likeness (QED) is 0.853. The van der Waals surface area contributed by atoms with Gasteiger partial charge in [-0.1, -0.05) is 67.9 Å². The van der Waals surface area contributed by atoms with Gasteiger partial charge in [0.1, 0.15) is 0 Å². The first-order chi connectivity index (χ1) is 10.9. The van der Waals surface area contributed by atoms with Gasteiger partial charge in [0, 0.05) is 17.0 Å². The lowest BCUT2D eigenvalue weighted by Crippen LogP contribution is -2.46. The normalized spacial score (nSPS) is 12.7. The Hall–Kier alpha value is -1.84. The summed E-state index contributed by atoms with van der Waals surface area (Å²) in [5.74, 6) is -0.129. The Balaban J connectivity index is 1.91. The predicted octanol–water partition coefficient (Wildman–Crippen LogP) is 3.30. The number of halogens is 1. The molecule has 3 N–H and O–H groups in total. The number of hydrogen-bond acceptors (Lipinski definition) is 2. The van der Waals surface area contributed by atoms with Gasteiger partial charge in [0.25, 0.3) is 0 Å². The number of rotatable bonds is 6. The molecule has 2 rings (SSSR count). The first kappa shape index (κ1) is 17.5. The van der Waals surface area contributed by atoms with E-state index in [-0.39, 0.29) is 11.3 Å². The summed E-state index contributed by atoms with van der Waals surface area (Å²) < 4.78 is 0. The highest BCUT2D eigenvalue weighted by atomic mass is 35.5. The molecule has 0 heterocycles. The molecule has 1 atom stereocenters. The van der Waals surface area contributed by atoms with Crippen molar-refractivity contribution < 1.29 is 4.79 Å². The molecule has 2 aromatic rings. The van der Waals surface area contributed by atoms with E-state index in [1.165, 1.54) is 0 Å². The van der Waals surface area contributed by atoms with Crippen LogP contribution in [0.2, 0.25) is 5.02 Å². The largest absolute Gasteiger partial charge is 0.354 e. The van der Waals surface area contributed by atoms with Gasteiger partial charge in [0.2, 0.25) is 5.91 Å². The molecule has 3 nitrogen and oxygen atoms in total. The molecule has 0 fully saturated rings. The summed E-state index contributed by atoms with van der Waals surface area (Å²) in [7, 11) is 0. The van der Waals surface area contributed by atoms with Gasteiger partial charge in [-0.2, -0.15) is 0 Å². The van der Waals surface area contributed by atoms with E-state index in [0.717, 1.165) is 11.1 Å². The molecule has 122 valence electrons.